The van der Waals surface area contributed by atoms with Gasteiger partial charge < -0.3 is 26.9 Å². The number of nitrogens with two attached hydrogens (primary N) is 2. The number of rotatable bonds is 9. The second-order valence-electron chi connectivity index (χ2n) is 9.78. The molecule has 1 aliphatic heterocycles. The van der Waals surface area contributed by atoms with Crippen LogP contribution in [-0.2, 0) is 29.0 Å². The first kappa shape index (κ1) is 41.8. The highest BCUT2D eigenvalue weighted by Crippen LogP contribution is 2.12. The summed E-state index contributed by atoms with van der Waals surface area (Å²) in [5.41, 5.74) is 16.9. The Hall–Kier alpha value is -3.32. The largest absolute Gasteiger partial charge is 0.354 e. The monoisotopic (exact) mass is 592 g/mol. The lowest BCUT2D eigenvalue weighted by atomic mass is 10.0. The van der Waals surface area contributed by atoms with Gasteiger partial charge in [0.15, 0.2) is 0 Å². The molecule has 1 amide bonds. The number of hydrogen-bond acceptors (Lipinski definition) is 5. The third-order valence-corrected chi connectivity index (χ3v) is 6.30. The van der Waals surface area contributed by atoms with Gasteiger partial charge in [-0.25, -0.2) is 0 Å². The Morgan fingerprint density at radius 3 is 1.91 bits per heavy atom. The highest BCUT2D eigenvalue weighted by atomic mass is 16.2. The van der Waals surface area contributed by atoms with Gasteiger partial charge in [-0.3, -0.25) is 4.79 Å². The average Bonchev–Trinajstić information content (AvgIpc) is 3.08. The number of unbranched alkanes of at least 4 members (excludes halogenated alkanes) is 1. The van der Waals surface area contributed by atoms with E-state index in [-0.39, 0.29) is 5.91 Å². The zero-order valence-electron chi connectivity index (χ0n) is 27.8. The van der Waals surface area contributed by atoms with Gasteiger partial charge in [0.2, 0.25) is 5.91 Å². The van der Waals surface area contributed by atoms with E-state index in [1.807, 2.05) is 70.9 Å². The predicted octanol–water partition coefficient (Wildman–Crippen LogP) is 6.63. The first-order valence-electron chi connectivity index (χ1n) is 15.8. The van der Waals surface area contributed by atoms with Crippen LogP contribution in [-0.4, -0.2) is 38.4 Å². The van der Waals surface area contributed by atoms with Crippen molar-refractivity contribution in [3.63, 3.8) is 0 Å². The minimum Gasteiger partial charge on any atom is -0.354 e. The molecular weight excluding hydrogens is 532 g/mol. The van der Waals surface area contributed by atoms with Crippen LogP contribution in [0.3, 0.4) is 0 Å². The molecule has 0 spiro atoms. The maximum absolute atomic E-state index is 11.8. The molecule has 240 valence electrons. The second kappa shape index (κ2) is 30.1. The molecule has 0 aliphatic carbocycles. The molecule has 0 fully saturated rings. The van der Waals surface area contributed by atoms with E-state index in [1.54, 1.807) is 0 Å². The molecule has 3 aromatic rings. The summed E-state index contributed by atoms with van der Waals surface area (Å²) in [5.74, 6) is 0.347. The lowest BCUT2D eigenvalue weighted by molar-refractivity contribution is -0.122. The molecule has 2 unspecified atom stereocenters. The zero-order chi connectivity index (χ0) is 32.7. The fourth-order valence-corrected chi connectivity index (χ4v) is 4.09. The normalized spacial score (nSPS) is 12.0. The van der Waals surface area contributed by atoms with Gasteiger partial charge in [-0.2, -0.15) is 0 Å². The summed E-state index contributed by atoms with van der Waals surface area (Å²) in [5, 5.41) is 6.28. The quantitative estimate of drug-likeness (QED) is 0.208. The van der Waals surface area contributed by atoms with Gasteiger partial charge in [-0.1, -0.05) is 132 Å². The fraction of sp³-hybridized carbons (Fsp3) is 0.459. The van der Waals surface area contributed by atoms with E-state index in [0.717, 1.165) is 32.4 Å². The van der Waals surface area contributed by atoms with Crippen molar-refractivity contribution in [1.29, 1.82) is 0 Å². The second-order valence-corrected chi connectivity index (χ2v) is 9.78. The van der Waals surface area contributed by atoms with E-state index < -0.39 is 6.04 Å². The van der Waals surface area contributed by atoms with E-state index >= 15 is 0 Å². The highest BCUT2D eigenvalue weighted by molar-refractivity contribution is 5.81. The van der Waals surface area contributed by atoms with Crippen molar-refractivity contribution >= 4 is 12.7 Å². The summed E-state index contributed by atoms with van der Waals surface area (Å²) in [6, 6.07) is 28.8. The van der Waals surface area contributed by atoms with Crippen molar-refractivity contribution in [3.8, 4) is 0 Å². The molecule has 3 aromatic carbocycles. The van der Waals surface area contributed by atoms with Crippen LogP contribution in [0.4, 0.5) is 0 Å². The number of carbonyl (C=O) groups is 2. The van der Waals surface area contributed by atoms with Gasteiger partial charge in [0.1, 0.15) is 6.79 Å². The Morgan fingerprint density at radius 1 is 0.860 bits per heavy atom. The van der Waals surface area contributed by atoms with Gasteiger partial charge >= 0.3 is 0 Å². The summed E-state index contributed by atoms with van der Waals surface area (Å²) in [4.78, 5) is 19.8. The van der Waals surface area contributed by atoms with Crippen LogP contribution in [0.5, 0.6) is 0 Å². The minimum atomic E-state index is -0.412. The molecule has 43 heavy (non-hydrogen) atoms. The number of carbonyl (C=O) groups excluding carboxylic acids is 2. The van der Waals surface area contributed by atoms with Crippen molar-refractivity contribution in [2.75, 3.05) is 19.6 Å². The van der Waals surface area contributed by atoms with Gasteiger partial charge in [0, 0.05) is 13.1 Å². The molecule has 0 saturated carbocycles. The Bertz CT molecular complexity index is 990. The lowest BCUT2D eigenvalue weighted by Crippen LogP contribution is -2.42. The van der Waals surface area contributed by atoms with Gasteiger partial charge in [0.25, 0.3) is 0 Å². The van der Waals surface area contributed by atoms with Crippen molar-refractivity contribution in [2.24, 2.45) is 17.4 Å². The summed E-state index contributed by atoms with van der Waals surface area (Å²) in [6.45, 7) is 17.7. The molecule has 6 nitrogen and oxygen atoms in total. The number of nitrogens with one attached hydrogen (secondary N) is 2. The van der Waals surface area contributed by atoms with Crippen LogP contribution in [0.2, 0.25) is 0 Å². The maximum atomic E-state index is 11.8. The first-order valence-corrected chi connectivity index (χ1v) is 15.8. The van der Waals surface area contributed by atoms with Crippen LogP contribution in [0, 0.1) is 12.8 Å². The molecule has 0 aromatic heterocycles. The summed E-state index contributed by atoms with van der Waals surface area (Å²) < 4.78 is 0. The Balaban J connectivity index is 0. The molecule has 1 heterocycles. The van der Waals surface area contributed by atoms with Crippen molar-refractivity contribution < 1.29 is 9.59 Å². The SMILES string of the molecule is C=O.CC.CC.CC(CNC(=O)C(N)CCCCN)Cc1ccccc1.Cc1ccccc1.c1ccc2c(c1)CCNC2. The molecule has 4 rings (SSSR count). The summed E-state index contributed by atoms with van der Waals surface area (Å²) >= 11 is 0. The number of amides is 1. The molecule has 1 aliphatic rings. The van der Waals surface area contributed by atoms with Crippen LogP contribution < -0.4 is 22.1 Å². The molecule has 0 bridgehead atoms. The first-order chi connectivity index (χ1) is 21.0. The summed E-state index contributed by atoms with van der Waals surface area (Å²) in [7, 11) is 0. The zero-order valence-corrected chi connectivity index (χ0v) is 27.8. The number of hydrogen-bond donors (Lipinski definition) is 4. The smallest absolute Gasteiger partial charge is 0.236 e. The van der Waals surface area contributed by atoms with Crippen LogP contribution in [0.25, 0.3) is 0 Å². The van der Waals surface area contributed by atoms with E-state index in [9.17, 15) is 4.79 Å². The number of aryl methyl sites for hydroxylation is 1. The Kier molecular flexibility index (Phi) is 29.3. The number of benzene rings is 3. The van der Waals surface area contributed by atoms with E-state index in [4.69, 9.17) is 16.3 Å². The molecule has 0 saturated heterocycles. The molecule has 6 heteroatoms. The van der Waals surface area contributed by atoms with Crippen molar-refractivity contribution in [2.45, 2.75) is 86.2 Å². The van der Waals surface area contributed by atoms with E-state index in [1.165, 1.54) is 28.7 Å². The highest BCUT2D eigenvalue weighted by Gasteiger charge is 2.13. The van der Waals surface area contributed by atoms with E-state index in [0.29, 0.717) is 25.4 Å². The molecule has 6 N–H and O–H groups in total. The van der Waals surface area contributed by atoms with Crippen LogP contribution >= 0.6 is 0 Å². The van der Waals surface area contributed by atoms with Crippen molar-refractivity contribution in [3.05, 3.63) is 107 Å². The maximum Gasteiger partial charge on any atom is 0.236 e. The number of fused-ring (bicyclic) bond motifs is 1. The molecular formula is C37H60N4O2. The lowest BCUT2D eigenvalue weighted by Gasteiger charge is -2.16. The van der Waals surface area contributed by atoms with E-state index in [2.05, 4.69) is 73.0 Å². The Morgan fingerprint density at radius 2 is 1.40 bits per heavy atom. The Labute approximate surface area is 263 Å². The van der Waals surface area contributed by atoms with Crippen LogP contribution in [0.1, 0.15) is 76.1 Å². The van der Waals surface area contributed by atoms with Crippen LogP contribution in [0.15, 0.2) is 84.9 Å². The molecule has 2 atom stereocenters. The minimum absolute atomic E-state index is 0.0538. The van der Waals surface area contributed by atoms with Gasteiger partial charge in [-0.05, 0) is 68.3 Å². The summed E-state index contributed by atoms with van der Waals surface area (Å²) in [6.07, 6.45) is 4.69. The fourth-order valence-electron chi connectivity index (χ4n) is 4.09. The van der Waals surface area contributed by atoms with Crippen molar-refractivity contribution in [1.82, 2.24) is 10.6 Å². The predicted molar refractivity (Wildman–Crippen MR) is 186 cm³/mol. The topological polar surface area (TPSA) is 110 Å². The molecule has 0 radical (unpaired) electrons. The average molecular weight is 593 g/mol. The van der Waals surface area contributed by atoms with Gasteiger partial charge in [-0.15, -0.1) is 0 Å². The standard InChI is InChI=1S/C16H27N3O.C9H11N.C7H8.2C2H6.CH2O/c1-13(11-14-7-3-2-4-8-14)12-19-16(20)15(18)9-5-6-10-17;1-2-4-9-7-10-6-5-8(9)3-1;1-7-5-3-2-4-6-7;3*1-2/h2-4,7-8,13,15H,5-6,9-12,17-18H2,1H3,(H,19,20);1-4,10H,5-7H2;2-6H,1H3;2*1-2H3;1H2. The third kappa shape index (κ3) is 22.0. The van der Waals surface area contributed by atoms with Gasteiger partial charge in [0.05, 0.1) is 6.04 Å². The third-order valence-electron chi connectivity index (χ3n) is 6.30.